The maximum atomic E-state index is 12.6. The molecular formula is C24H34N2O. The first-order chi connectivity index (χ1) is 13.1. The summed E-state index contributed by atoms with van der Waals surface area (Å²) >= 11 is 0. The quantitative estimate of drug-likeness (QED) is 0.724. The smallest absolute Gasteiger partial charge is 0.222 e. The number of benzene rings is 1. The summed E-state index contributed by atoms with van der Waals surface area (Å²) in [6, 6.07) is 6.66. The highest BCUT2D eigenvalue weighted by atomic mass is 16.2. The number of piperidine rings is 1. The van der Waals surface area contributed by atoms with Crippen LogP contribution in [0.3, 0.4) is 0 Å². The van der Waals surface area contributed by atoms with Gasteiger partial charge in [-0.05, 0) is 56.7 Å². The molecule has 1 saturated carbocycles. The summed E-state index contributed by atoms with van der Waals surface area (Å²) in [6.45, 7) is 6.24. The van der Waals surface area contributed by atoms with Gasteiger partial charge < -0.3 is 9.88 Å². The summed E-state index contributed by atoms with van der Waals surface area (Å²) in [6.07, 6.45) is 10.9. The molecule has 4 rings (SSSR count). The van der Waals surface area contributed by atoms with Crippen LogP contribution < -0.4 is 0 Å². The maximum Gasteiger partial charge on any atom is 0.222 e. The van der Waals surface area contributed by atoms with Gasteiger partial charge in [-0.1, -0.05) is 43.7 Å². The molecule has 1 aromatic heterocycles. The van der Waals surface area contributed by atoms with Gasteiger partial charge in [0.1, 0.15) is 0 Å². The van der Waals surface area contributed by atoms with Gasteiger partial charge in [0.25, 0.3) is 0 Å². The summed E-state index contributed by atoms with van der Waals surface area (Å²) in [5.74, 6) is 1.75. The molecule has 2 fully saturated rings. The molecule has 1 amide bonds. The molecule has 27 heavy (non-hydrogen) atoms. The van der Waals surface area contributed by atoms with Crippen molar-refractivity contribution in [3.63, 3.8) is 0 Å². The third-order valence-corrected chi connectivity index (χ3v) is 7.00. The normalized spacial score (nSPS) is 19.7. The van der Waals surface area contributed by atoms with Crippen LogP contribution in [-0.4, -0.2) is 28.9 Å². The Hall–Kier alpha value is -1.77. The average molecular weight is 367 g/mol. The summed E-state index contributed by atoms with van der Waals surface area (Å²) < 4.78 is 0. The lowest BCUT2D eigenvalue weighted by Crippen LogP contribution is -2.38. The van der Waals surface area contributed by atoms with Crippen LogP contribution in [0.2, 0.25) is 0 Å². The molecule has 2 heterocycles. The Balaban J connectivity index is 1.33. The minimum Gasteiger partial charge on any atom is -0.358 e. The number of aromatic nitrogens is 1. The first-order valence-electron chi connectivity index (χ1n) is 11.0. The lowest BCUT2D eigenvalue weighted by molar-refractivity contribution is -0.132. The molecule has 2 aromatic rings. The Morgan fingerprint density at radius 2 is 1.81 bits per heavy atom. The number of hydrogen-bond acceptors (Lipinski definition) is 1. The fourth-order valence-electron chi connectivity index (χ4n) is 5.25. The van der Waals surface area contributed by atoms with E-state index in [2.05, 4.69) is 41.9 Å². The van der Waals surface area contributed by atoms with Crippen LogP contribution in [0.1, 0.15) is 80.5 Å². The zero-order valence-corrected chi connectivity index (χ0v) is 17.0. The Kier molecular flexibility index (Phi) is 5.56. The second-order valence-corrected chi connectivity index (χ2v) is 8.91. The van der Waals surface area contributed by atoms with Gasteiger partial charge in [-0.3, -0.25) is 4.79 Å². The zero-order chi connectivity index (χ0) is 18.8. The van der Waals surface area contributed by atoms with E-state index in [0.717, 1.165) is 44.7 Å². The number of hydrogen-bond donors (Lipinski definition) is 1. The zero-order valence-electron chi connectivity index (χ0n) is 17.0. The average Bonchev–Trinajstić information content (AvgIpc) is 3.03. The summed E-state index contributed by atoms with van der Waals surface area (Å²) in [4.78, 5) is 18.4. The molecule has 146 valence electrons. The molecule has 1 aliphatic carbocycles. The first kappa shape index (κ1) is 18.6. The number of nitrogens with zero attached hydrogens (tertiary/aromatic N) is 1. The number of likely N-dealkylation sites (tertiary alicyclic amines) is 1. The standard InChI is InChI=1S/C24H34N2O/c1-17-8-10-22-21(16-17)18(2)24(25-22)20-12-14-26(15-13-20)23(27)11-9-19-6-4-3-5-7-19/h8,10,16,19-20,25H,3-7,9,11-15H2,1-2H3. The Bertz CT molecular complexity index is 792. The van der Waals surface area contributed by atoms with Crippen molar-refractivity contribution < 1.29 is 4.79 Å². The molecule has 2 aliphatic rings. The highest BCUT2D eigenvalue weighted by Crippen LogP contribution is 2.34. The Labute approximate surface area is 163 Å². The maximum absolute atomic E-state index is 12.6. The lowest BCUT2D eigenvalue weighted by atomic mass is 9.86. The minimum absolute atomic E-state index is 0.392. The van der Waals surface area contributed by atoms with Crippen molar-refractivity contribution in [1.82, 2.24) is 9.88 Å². The molecule has 1 N–H and O–H groups in total. The minimum atomic E-state index is 0.392. The largest absolute Gasteiger partial charge is 0.358 e. The van der Waals surface area contributed by atoms with E-state index in [9.17, 15) is 4.79 Å². The highest BCUT2D eigenvalue weighted by molar-refractivity contribution is 5.85. The number of carbonyl (C=O) groups is 1. The van der Waals surface area contributed by atoms with E-state index >= 15 is 0 Å². The number of aromatic amines is 1. The van der Waals surface area contributed by atoms with E-state index < -0.39 is 0 Å². The van der Waals surface area contributed by atoms with Crippen LogP contribution in [0.5, 0.6) is 0 Å². The summed E-state index contributed by atoms with van der Waals surface area (Å²) in [7, 11) is 0. The molecule has 3 heteroatoms. The number of carbonyl (C=O) groups excluding carboxylic acids is 1. The molecule has 0 atom stereocenters. The van der Waals surface area contributed by atoms with E-state index in [1.165, 1.54) is 59.8 Å². The second-order valence-electron chi connectivity index (χ2n) is 8.91. The topological polar surface area (TPSA) is 36.1 Å². The van der Waals surface area contributed by atoms with Crippen LogP contribution in [-0.2, 0) is 4.79 Å². The van der Waals surface area contributed by atoms with Gasteiger partial charge >= 0.3 is 0 Å². The van der Waals surface area contributed by atoms with E-state index in [1.807, 2.05) is 0 Å². The molecule has 0 bridgehead atoms. The van der Waals surface area contributed by atoms with Crippen molar-refractivity contribution >= 4 is 16.8 Å². The number of nitrogens with one attached hydrogen (secondary N) is 1. The first-order valence-corrected chi connectivity index (χ1v) is 11.0. The van der Waals surface area contributed by atoms with Crippen molar-refractivity contribution in [1.29, 1.82) is 0 Å². The van der Waals surface area contributed by atoms with Crippen molar-refractivity contribution in [3.05, 3.63) is 35.0 Å². The monoisotopic (exact) mass is 366 g/mol. The van der Waals surface area contributed by atoms with Gasteiger partial charge in [-0.2, -0.15) is 0 Å². The SMILES string of the molecule is Cc1ccc2[nH]c(C3CCN(C(=O)CCC4CCCCC4)CC3)c(C)c2c1. The van der Waals surface area contributed by atoms with Gasteiger partial charge in [0.05, 0.1) is 0 Å². The Morgan fingerprint density at radius 3 is 2.56 bits per heavy atom. The number of fused-ring (bicyclic) bond motifs is 1. The van der Waals surface area contributed by atoms with Crippen molar-refractivity contribution in [2.45, 2.75) is 77.6 Å². The second kappa shape index (κ2) is 8.08. The van der Waals surface area contributed by atoms with Gasteiger partial charge in [0.2, 0.25) is 5.91 Å². The van der Waals surface area contributed by atoms with Gasteiger partial charge in [0, 0.05) is 42.0 Å². The predicted molar refractivity (Wildman–Crippen MR) is 112 cm³/mol. The molecule has 0 radical (unpaired) electrons. The van der Waals surface area contributed by atoms with Crippen molar-refractivity contribution in [2.24, 2.45) is 5.92 Å². The van der Waals surface area contributed by atoms with Gasteiger partial charge in [0.15, 0.2) is 0 Å². The number of H-pyrrole nitrogens is 1. The molecule has 0 spiro atoms. The van der Waals surface area contributed by atoms with Crippen LogP contribution >= 0.6 is 0 Å². The van der Waals surface area contributed by atoms with E-state index in [0.29, 0.717) is 11.8 Å². The van der Waals surface area contributed by atoms with Crippen LogP contribution in [0.15, 0.2) is 18.2 Å². The van der Waals surface area contributed by atoms with Crippen LogP contribution in [0.4, 0.5) is 0 Å². The third kappa shape index (κ3) is 4.07. The lowest BCUT2D eigenvalue weighted by Gasteiger charge is -2.32. The number of rotatable bonds is 4. The third-order valence-electron chi connectivity index (χ3n) is 7.00. The molecule has 0 unspecified atom stereocenters. The number of amides is 1. The molecule has 1 saturated heterocycles. The van der Waals surface area contributed by atoms with Gasteiger partial charge in [-0.25, -0.2) is 0 Å². The molecule has 3 nitrogen and oxygen atoms in total. The molecule has 1 aromatic carbocycles. The highest BCUT2D eigenvalue weighted by Gasteiger charge is 2.26. The van der Waals surface area contributed by atoms with Crippen molar-refractivity contribution in [3.8, 4) is 0 Å². The molecule has 1 aliphatic heterocycles. The fraction of sp³-hybridized carbons (Fsp3) is 0.625. The van der Waals surface area contributed by atoms with Crippen LogP contribution in [0.25, 0.3) is 10.9 Å². The van der Waals surface area contributed by atoms with E-state index in [-0.39, 0.29) is 0 Å². The van der Waals surface area contributed by atoms with Gasteiger partial charge in [-0.15, -0.1) is 0 Å². The summed E-state index contributed by atoms with van der Waals surface area (Å²) in [5, 5.41) is 1.36. The molecular weight excluding hydrogens is 332 g/mol. The fourth-order valence-corrected chi connectivity index (χ4v) is 5.25. The van der Waals surface area contributed by atoms with E-state index in [1.54, 1.807) is 0 Å². The van der Waals surface area contributed by atoms with Crippen molar-refractivity contribution in [2.75, 3.05) is 13.1 Å². The predicted octanol–water partition coefficient (Wildman–Crippen LogP) is 5.85. The number of aryl methyl sites for hydroxylation is 2. The van der Waals surface area contributed by atoms with E-state index in [4.69, 9.17) is 0 Å². The summed E-state index contributed by atoms with van der Waals surface area (Å²) in [5.41, 5.74) is 5.36. The Morgan fingerprint density at radius 1 is 1.07 bits per heavy atom. The van der Waals surface area contributed by atoms with Crippen LogP contribution in [0, 0.1) is 19.8 Å².